The zero-order valence-electron chi connectivity index (χ0n) is 10.7. The van der Waals surface area contributed by atoms with Crippen LogP contribution in [-0.4, -0.2) is 36.1 Å². The minimum absolute atomic E-state index is 0.0346. The van der Waals surface area contributed by atoms with Crippen LogP contribution in [0.1, 0.15) is 23.7 Å². The number of carboxylic acid groups (broad SMARTS) is 1. The molecule has 1 heterocycles. The highest BCUT2D eigenvalue weighted by atomic mass is 16.4. The molecule has 4 N–H and O–H groups in total. The van der Waals surface area contributed by atoms with Crippen molar-refractivity contribution in [1.29, 1.82) is 0 Å². The molecule has 1 saturated heterocycles. The lowest BCUT2D eigenvalue weighted by Crippen LogP contribution is -2.35. The summed E-state index contributed by atoms with van der Waals surface area (Å²) in [5.41, 5.74) is 6.98. The second kappa shape index (κ2) is 5.17. The van der Waals surface area contributed by atoms with Crippen LogP contribution < -0.4 is 16.0 Å². The number of carboxylic acids is 1. The maximum atomic E-state index is 11.0. The Morgan fingerprint density at radius 1 is 1.47 bits per heavy atom. The smallest absolute Gasteiger partial charge is 0.337 e. The van der Waals surface area contributed by atoms with Crippen molar-refractivity contribution in [3.63, 3.8) is 0 Å². The minimum Gasteiger partial charge on any atom is -0.478 e. The number of rotatable bonds is 3. The lowest BCUT2D eigenvalue weighted by atomic mass is 10.1. The molecule has 0 bridgehead atoms. The van der Waals surface area contributed by atoms with E-state index in [-0.39, 0.29) is 23.2 Å². The fourth-order valence-corrected chi connectivity index (χ4v) is 2.34. The van der Waals surface area contributed by atoms with Crippen molar-refractivity contribution < 1.29 is 14.7 Å². The van der Waals surface area contributed by atoms with Gasteiger partial charge >= 0.3 is 5.97 Å². The van der Waals surface area contributed by atoms with E-state index in [1.165, 1.54) is 13.0 Å². The summed E-state index contributed by atoms with van der Waals surface area (Å²) in [6.07, 6.45) is 0.875. The van der Waals surface area contributed by atoms with Crippen molar-refractivity contribution in [1.82, 2.24) is 5.32 Å². The Labute approximate surface area is 111 Å². The number of benzene rings is 1. The molecule has 1 aromatic carbocycles. The summed E-state index contributed by atoms with van der Waals surface area (Å²) in [5, 5.41) is 11.8. The average Bonchev–Trinajstić information content (AvgIpc) is 2.75. The molecule has 1 fully saturated rings. The Kier molecular flexibility index (Phi) is 3.59. The maximum Gasteiger partial charge on any atom is 0.337 e. The third kappa shape index (κ3) is 2.96. The van der Waals surface area contributed by atoms with Gasteiger partial charge in [0.05, 0.1) is 5.56 Å². The number of nitrogen functional groups attached to an aromatic ring is 1. The lowest BCUT2D eigenvalue weighted by Gasteiger charge is -2.19. The molecule has 0 radical (unpaired) electrons. The molecule has 1 atom stereocenters. The van der Waals surface area contributed by atoms with E-state index in [9.17, 15) is 9.59 Å². The van der Waals surface area contributed by atoms with Gasteiger partial charge in [-0.05, 0) is 24.6 Å². The zero-order chi connectivity index (χ0) is 14.0. The number of nitrogens with two attached hydrogens (primary N) is 1. The first-order chi connectivity index (χ1) is 8.97. The van der Waals surface area contributed by atoms with Crippen molar-refractivity contribution in [3.05, 3.63) is 23.8 Å². The molecule has 2 rings (SSSR count). The highest BCUT2D eigenvalue weighted by Gasteiger charge is 2.23. The molecule has 1 aliphatic heterocycles. The number of amides is 1. The topological polar surface area (TPSA) is 95.7 Å². The molecular weight excluding hydrogens is 246 g/mol. The monoisotopic (exact) mass is 263 g/mol. The van der Waals surface area contributed by atoms with Crippen LogP contribution in [0.4, 0.5) is 11.4 Å². The SMILES string of the molecule is CC(=O)NC1CCN(c2ccc(C(=O)O)c(N)c2)C1. The van der Waals surface area contributed by atoms with Crippen molar-refractivity contribution in [3.8, 4) is 0 Å². The van der Waals surface area contributed by atoms with E-state index >= 15 is 0 Å². The third-order valence-corrected chi connectivity index (χ3v) is 3.23. The number of nitrogens with zero attached hydrogens (tertiary/aromatic N) is 1. The Balaban J connectivity index is 2.09. The van der Waals surface area contributed by atoms with Gasteiger partial charge in [0.2, 0.25) is 5.91 Å². The lowest BCUT2D eigenvalue weighted by molar-refractivity contribution is -0.119. The number of carbonyl (C=O) groups is 2. The summed E-state index contributed by atoms with van der Waals surface area (Å²) in [5.74, 6) is -1.06. The van der Waals surface area contributed by atoms with Crippen LogP contribution in [0.25, 0.3) is 0 Å². The van der Waals surface area contributed by atoms with E-state index < -0.39 is 5.97 Å². The summed E-state index contributed by atoms with van der Waals surface area (Å²) < 4.78 is 0. The first-order valence-corrected chi connectivity index (χ1v) is 6.12. The molecule has 0 spiro atoms. The Bertz CT molecular complexity index is 516. The van der Waals surface area contributed by atoms with Crippen molar-refractivity contribution in [2.45, 2.75) is 19.4 Å². The van der Waals surface area contributed by atoms with E-state index in [0.29, 0.717) is 6.54 Å². The molecular formula is C13H17N3O3. The van der Waals surface area contributed by atoms with E-state index in [1.54, 1.807) is 12.1 Å². The Morgan fingerprint density at radius 3 is 2.79 bits per heavy atom. The predicted octanol–water partition coefficient (Wildman–Crippen LogP) is 0.682. The maximum absolute atomic E-state index is 11.0. The molecule has 1 aromatic rings. The van der Waals surface area contributed by atoms with Crippen LogP contribution in [-0.2, 0) is 4.79 Å². The van der Waals surface area contributed by atoms with Gasteiger partial charge in [-0.3, -0.25) is 4.79 Å². The molecule has 1 unspecified atom stereocenters. The van der Waals surface area contributed by atoms with Gasteiger partial charge in [0.25, 0.3) is 0 Å². The van der Waals surface area contributed by atoms with Gasteiger partial charge in [0.1, 0.15) is 0 Å². The molecule has 19 heavy (non-hydrogen) atoms. The number of anilines is 2. The Morgan fingerprint density at radius 2 is 2.21 bits per heavy atom. The second-order valence-corrected chi connectivity index (χ2v) is 4.71. The van der Waals surface area contributed by atoms with Crippen molar-refractivity contribution in [2.75, 3.05) is 23.7 Å². The van der Waals surface area contributed by atoms with Crippen LogP contribution >= 0.6 is 0 Å². The largest absolute Gasteiger partial charge is 0.478 e. The molecule has 1 amide bonds. The molecule has 0 aliphatic carbocycles. The quantitative estimate of drug-likeness (QED) is 0.697. The van der Waals surface area contributed by atoms with Crippen LogP contribution in [0.15, 0.2) is 18.2 Å². The molecule has 0 aromatic heterocycles. The van der Waals surface area contributed by atoms with Crippen LogP contribution in [0.5, 0.6) is 0 Å². The Hall–Kier alpha value is -2.24. The third-order valence-electron chi connectivity index (χ3n) is 3.23. The van der Waals surface area contributed by atoms with Crippen LogP contribution in [0.3, 0.4) is 0 Å². The summed E-state index contributed by atoms with van der Waals surface area (Å²) in [7, 11) is 0. The van der Waals surface area contributed by atoms with Gasteiger partial charge in [0, 0.05) is 37.4 Å². The molecule has 1 aliphatic rings. The average molecular weight is 263 g/mol. The number of aromatic carboxylic acids is 1. The minimum atomic E-state index is -1.03. The first kappa shape index (κ1) is 13.2. The number of nitrogens with one attached hydrogen (secondary N) is 1. The van der Waals surface area contributed by atoms with E-state index in [4.69, 9.17) is 10.8 Å². The number of carbonyl (C=O) groups excluding carboxylic acids is 1. The van der Waals surface area contributed by atoms with Gasteiger partial charge in [-0.25, -0.2) is 4.79 Å². The highest BCUT2D eigenvalue weighted by molar-refractivity contribution is 5.94. The summed E-state index contributed by atoms with van der Waals surface area (Å²) in [6, 6.07) is 5.06. The van der Waals surface area contributed by atoms with Gasteiger partial charge in [-0.15, -0.1) is 0 Å². The highest BCUT2D eigenvalue weighted by Crippen LogP contribution is 2.25. The molecule has 102 valence electrons. The van der Waals surface area contributed by atoms with Crippen molar-refractivity contribution in [2.24, 2.45) is 0 Å². The van der Waals surface area contributed by atoms with E-state index in [0.717, 1.165) is 18.7 Å². The van der Waals surface area contributed by atoms with Crippen LogP contribution in [0.2, 0.25) is 0 Å². The predicted molar refractivity (Wildman–Crippen MR) is 72.2 cm³/mol. The summed E-state index contributed by atoms with van der Waals surface area (Å²) in [4.78, 5) is 24.0. The van der Waals surface area contributed by atoms with Crippen molar-refractivity contribution >= 4 is 23.3 Å². The fourth-order valence-electron chi connectivity index (χ4n) is 2.34. The number of hydrogen-bond donors (Lipinski definition) is 3. The van der Waals surface area contributed by atoms with E-state index in [1.807, 2.05) is 0 Å². The van der Waals surface area contributed by atoms with Gasteiger partial charge < -0.3 is 21.1 Å². The summed E-state index contributed by atoms with van der Waals surface area (Å²) >= 11 is 0. The number of hydrogen-bond acceptors (Lipinski definition) is 4. The summed E-state index contributed by atoms with van der Waals surface area (Å²) in [6.45, 7) is 3.03. The normalized spacial score (nSPS) is 18.4. The first-order valence-electron chi connectivity index (χ1n) is 6.12. The second-order valence-electron chi connectivity index (χ2n) is 4.71. The fraction of sp³-hybridized carbons (Fsp3) is 0.385. The van der Waals surface area contributed by atoms with Gasteiger partial charge in [-0.1, -0.05) is 0 Å². The van der Waals surface area contributed by atoms with Gasteiger partial charge in [-0.2, -0.15) is 0 Å². The van der Waals surface area contributed by atoms with Crippen LogP contribution in [0, 0.1) is 0 Å². The molecule has 6 heteroatoms. The van der Waals surface area contributed by atoms with E-state index in [2.05, 4.69) is 10.2 Å². The molecule has 0 saturated carbocycles. The van der Waals surface area contributed by atoms with Gasteiger partial charge in [0.15, 0.2) is 0 Å². The molecule has 6 nitrogen and oxygen atoms in total. The zero-order valence-corrected chi connectivity index (χ0v) is 10.7. The standard InChI is InChI=1S/C13H17N3O3/c1-8(17)15-9-4-5-16(7-9)10-2-3-11(13(18)19)12(14)6-10/h2-3,6,9H,4-5,7,14H2,1H3,(H,15,17)(H,18,19).